The van der Waals surface area contributed by atoms with Crippen molar-refractivity contribution >= 4 is 18.6 Å². The summed E-state index contributed by atoms with van der Waals surface area (Å²) in [5.74, 6) is -0.141. The number of esters is 1. The number of carbonyl (C=O) groups excluding carboxylic acids is 1. The monoisotopic (exact) mass is 178 g/mol. The molecule has 0 spiro atoms. The van der Waals surface area contributed by atoms with Crippen LogP contribution in [0.2, 0.25) is 0 Å². The second-order valence-corrected chi connectivity index (χ2v) is 2.53. The van der Waals surface area contributed by atoms with E-state index < -0.39 is 0 Å². The fourth-order valence-electron chi connectivity index (χ4n) is 0.502. The van der Waals surface area contributed by atoms with Gasteiger partial charge in [0.1, 0.15) is 0 Å². The van der Waals surface area contributed by atoms with Crippen LogP contribution in [-0.4, -0.2) is 31.5 Å². The molecule has 0 aliphatic heterocycles. The van der Waals surface area contributed by atoms with Gasteiger partial charge in [0.05, 0.1) is 18.5 Å². The summed E-state index contributed by atoms with van der Waals surface area (Å²) in [5, 5.41) is 0. The highest BCUT2D eigenvalue weighted by Crippen LogP contribution is 1.95. The number of rotatable bonds is 5. The van der Waals surface area contributed by atoms with Gasteiger partial charge >= 0.3 is 5.97 Å². The maximum atomic E-state index is 10.5. The van der Waals surface area contributed by atoms with Gasteiger partial charge in [0.25, 0.3) is 0 Å². The highest BCUT2D eigenvalue weighted by Gasteiger charge is 2.01. The van der Waals surface area contributed by atoms with Gasteiger partial charge in [0.2, 0.25) is 0 Å². The van der Waals surface area contributed by atoms with Crippen molar-refractivity contribution in [1.29, 1.82) is 0 Å². The average Bonchev–Trinajstić information content (AvgIpc) is 2.04. The maximum Gasteiger partial charge on any atom is 0.315 e. The molecule has 0 unspecified atom stereocenters. The van der Waals surface area contributed by atoms with Gasteiger partial charge in [-0.05, 0) is 6.92 Å². The van der Waals surface area contributed by atoms with Crippen molar-refractivity contribution in [2.24, 2.45) is 0 Å². The van der Waals surface area contributed by atoms with Crippen LogP contribution < -0.4 is 0 Å². The number of hydrogen-bond donors (Lipinski definition) is 1. The first-order chi connectivity index (χ1) is 5.20. The SMILES string of the molecule is CO[C@H](C)CCOC(=O)CS. The van der Waals surface area contributed by atoms with Crippen molar-refractivity contribution in [3.05, 3.63) is 0 Å². The van der Waals surface area contributed by atoms with E-state index in [0.29, 0.717) is 6.61 Å². The standard InChI is InChI=1S/C7H14O3S/c1-6(9-2)3-4-10-7(8)5-11/h6,11H,3-5H2,1-2H3/t6-/m1/s1. The van der Waals surface area contributed by atoms with Gasteiger partial charge in [-0.3, -0.25) is 4.79 Å². The summed E-state index contributed by atoms with van der Waals surface area (Å²) in [7, 11) is 1.63. The third-order valence-electron chi connectivity index (χ3n) is 1.32. The molecule has 11 heavy (non-hydrogen) atoms. The highest BCUT2D eigenvalue weighted by molar-refractivity contribution is 7.81. The average molecular weight is 178 g/mol. The summed E-state index contributed by atoms with van der Waals surface area (Å²) in [5.41, 5.74) is 0. The van der Waals surface area contributed by atoms with Crippen LogP contribution >= 0.6 is 12.6 Å². The Morgan fingerprint density at radius 2 is 2.27 bits per heavy atom. The van der Waals surface area contributed by atoms with Gasteiger partial charge in [0, 0.05) is 13.5 Å². The predicted molar refractivity (Wildman–Crippen MR) is 45.9 cm³/mol. The zero-order chi connectivity index (χ0) is 8.69. The molecule has 0 rings (SSSR count). The van der Waals surface area contributed by atoms with Crippen LogP contribution in [0.1, 0.15) is 13.3 Å². The third kappa shape index (κ3) is 6.19. The van der Waals surface area contributed by atoms with E-state index in [1.807, 2.05) is 6.92 Å². The van der Waals surface area contributed by atoms with E-state index in [2.05, 4.69) is 12.6 Å². The number of hydrogen-bond acceptors (Lipinski definition) is 4. The molecule has 0 aromatic heterocycles. The van der Waals surface area contributed by atoms with Gasteiger partial charge in [-0.1, -0.05) is 0 Å². The Morgan fingerprint density at radius 3 is 2.73 bits per heavy atom. The quantitative estimate of drug-likeness (QED) is 0.501. The molecule has 0 saturated carbocycles. The smallest absolute Gasteiger partial charge is 0.315 e. The van der Waals surface area contributed by atoms with Crippen LogP contribution in [0, 0.1) is 0 Å². The van der Waals surface area contributed by atoms with Crippen molar-refractivity contribution in [3.63, 3.8) is 0 Å². The topological polar surface area (TPSA) is 35.5 Å². The summed E-state index contributed by atoms with van der Waals surface area (Å²) >= 11 is 3.76. The third-order valence-corrected chi connectivity index (χ3v) is 1.58. The molecule has 4 heteroatoms. The van der Waals surface area contributed by atoms with Gasteiger partial charge in [-0.15, -0.1) is 0 Å². The fourth-order valence-corrected chi connectivity index (χ4v) is 0.594. The first kappa shape index (κ1) is 10.8. The van der Waals surface area contributed by atoms with E-state index in [4.69, 9.17) is 9.47 Å². The van der Waals surface area contributed by atoms with Crippen molar-refractivity contribution in [1.82, 2.24) is 0 Å². The summed E-state index contributed by atoms with van der Waals surface area (Å²) < 4.78 is 9.72. The Hall–Kier alpha value is -0.220. The molecule has 0 aliphatic rings. The van der Waals surface area contributed by atoms with Crippen molar-refractivity contribution < 1.29 is 14.3 Å². The van der Waals surface area contributed by atoms with Crippen molar-refractivity contribution in [2.75, 3.05) is 19.5 Å². The predicted octanol–water partition coefficient (Wildman–Crippen LogP) is 0.884. The normalized spacial score (nSPS) is 12.6. The molecule has 0 heterocycles. The Labute approximate surface area is 72.5 Å². The lowest BCUT2D eigenvalue weighted by Crippen LogP contribution is -2.13. The lowest BCUT2D eigenvalue weighted by Gasteiger charge is -2.08. The molecule has 0 radical (unpaired) electrons. The van der Waals surface area contributed by atoms with Crippen molar-refractivity contribution in [2.45, 2.75) is 19.4 Å². The van der Waals surface area contributed by atoms with Gasteiger partial charge in [0.15, 0.2) is 0 Å². The molecule has 0 fully saturated rings. The molecular formula is C7H14O3S. The van der Waals surface area contributed by atoms with E-state index in [1.165, 1.54) is 0 Å². The highest BCUT2D eigenvalue weighted by atomic mass is 32.1. The Bertz CT molecular complexity index is 116. The van der Waals surface area contributed by atoms with Crippen LogP contribution in [0.15, 0.2) is 0 Å². The van der Waals surface area contributed by atoms with Gasteiger partial charge in [-0.2, -0.15) is 12.6 Å². The van der Waals surface area contributed by atoms with Crippen LogP contribution in [0.4, 0.5) is 0 Å². The summed E-state index contributed by atoms with van der Waals surface area (Å²) in [4.78, 5) is 10.5. The second kappa shape index (κ2) is 6.49. The van der Waals surface area contributed by atoms with Gasteiger partial charge in [-0.25, -0.2) is 0 Å². The molecule has 0 aliphatic carbocycles. The Balaban J connectivity index is 3.20. The number of ether oxygens (including phenoxy) is 2. The molecule has 0 amide bonds. The van der Waals surface area contributed by atoms with Crippen LogP contribution in [0.25, 0.3) is 0 Å². The number of thiol groups is 1. The molecule has 0 N–H and O–H groups in total. The molecule has 3 nitrogen and oxygen atoms in total. The molecule has 0 saturated heterocycles. The zero-order valence-corrected chi connectivity index (χ0v) is 7.77. The Kier molecular flexibility index (Phi) is 6.36. The fraction of sp³-hybridized carbons (Fsp3) is 0.857. The minimum absolute atomic E-state index is 0.140. The van der Waals surface area contributed by atoms with E-state index in [-0.39, 0.29) is 17.8 Å². The maximum absolute atomic E-state index is 10.5. The largest absolute Gasteiger partial charge is 0.465 e. The van der Waals surface area contributed by atoms with E-state index >= 15 is 0 Å². The van der Waals surface area contributed by atoms with E-state index in [0.717, 1.165) is 6.42 Å². The van der Waals surface area contributed by atoms with Crippen LogP contribution in [0.5, 0.6) is 0 Å². The minimum Gasteiger partial charge on any atom is -0.465 e. The summed E-state index contributed by atoms with van der Waals surface area (Å²) in [6.07, 6.45) is 0.874. The molecule has 0 aromatic rings. The van der Waals surface area contributed by atoms with Crippen LogP contribution in [0.3, 0.4) is 0 Å². The number of methoxy groups -OCH3 is 1. The molecule has 0 bridgehead atoms. The van der Waals surface area contributed by atoms with Gasteiger partial charge < -0.3 is 9.47 Å². The molecule has 0 aromatic carbocycles. The van der Waals surface area contributed by atoms with Crippen LogP contribution in [-0.2, 0) is 14.3 Å². The van der Waals surface area contributed by atoms with E-state index in [9.17, 15) is 4.79 Å². The second-order valence-electron chi connectivity index (χ2n) is 2.21. The first-order valence-electron chi connectivity index (χ1n) is 3.50. The number of carbonyl (C=O) groups is 1. The Morgan fingerprint density at radius 1 is 1.64 bits per heavy atom. The lowest BCUT2D eigenvalue weighted by molar-refractivity contribution is -0.141. The van der Waals surface area contributed by atoms with Crippen molar-refractivity contribution in [3.8, 4) is 0 Å². The minimum atomic E-state index is -0.281. The lowest BCUT2D eigenvalue weighted by atomic mass is 10.3. The summed E-state index contributed by atoms with van der Waals surface area (Å²) in [6, 6.07) is 0. The summed E-state index contributed by atoms with van der Waals surface area (Å²) in [6.45, 7) is 2.34. The zero-order valence-electron chi connectivity index (χ0n) is 6.87. The molecular weight excluding hydrogens is 164 g/mol. The first-order valence-corrected chi connectivity index (χ1v) is 4.13. The van der Waals surface area contributed by atoms with E-state index in [1.54, 1.807) is 7.11 Å². The molecule has 1 atom stereocenters. The molecule has 66 valence electrons.